The van der Waals surface area contributed by atoms with Gasteiger partial charge >= 0.3 is 0 Å². The molecule has 0 radical (unpaired) electrons. The molecule has 13 heavy (non-hydrogen) atoms. The first-order valence-corrected chi connectivity index (χ1v) is 4.84. The second-order valence-corrected chi connectivity index (χ2v) is 4.97. The fourth-order valence-corrected chi connectivity index (χ4v) is 1.40. The molecular formula is C11H19NO. The van der Waals surface area contributed by atoms with Gasteiger partial charge in [0.25, 0.3) is 0 Å². The van der Waals surface area contributed by atoms with Crippen LogP contribution in [0.2, 0.25) is 0 Å². The van der Waals surface area contributed by atoms with E-state index in [0.717, 1.165) is 17.9 Å². The van der Waals surface area contributed by atoms with Crippen molar-refractivity contribution < 1.29 is 4.42 Å². The fourth-order valence-electron chi connectivity index (χ4n) is 1.40. The van der Waals surface area contributed by atoms with Crippen LogP contribution in [-0.2, 0) is 11.8 Å². The molecule has 0 amide bonds. The summed E-state index contributed by atoms with van der Waals surface area (Å²) in [5, 5.41) is 0. The summed E-state index contributed by atoms with van der Waals surface area (Å²) in [6.45, 7) is 10.9. The minimum atomic E-state index is 0.0945. The van der Waals surface area contributed by atoms with Crippen molar-refractivity contribution in [3.05, 3.63) is 17.8 Å². The van der Waals surface area contributed by atoms with Gasteiger partial charge in [0, 0.05) is 11.8 Å². The van der Waals surface area contributed by atoms with E-state index in [1.165, 1.54) is 0 Å². The summed E-state index contributed by atoms with van der Waals surface area (Å²) in [4.78, 5) is 4.27. The number of hydrogen-bond acceptors (Lipinski definition) is 2. The summed E-state index contributed by atoms with van der Waals surface area (Å²) in [5.41, 5.74) is 1.19. The lowest BCUT2D eigenvalue weighted by Gasteiger charge is -2.16. The Morgan fingerprint density at radius 3 is 2.46 bits per heavy atom. The molecule has 0 bridgehead atoms. The highest BCUT2D eigenvalue weighted by atomic mass is 16.3. The maximum Gasteiger partial charge on any atom is 0.181 e. The SMILES string of the molecule is CC(C)Cc1ocnc1C(C)(C)C. The van der Waals surface area contributed by atoms with Gasteiger partial charge in [-0.2, -0.15) is 0 Å². The Labute approximate surface area is 80.4 Å². The molecule has 1 heterocycles. The van der Waals surface area contributed by atoms with Crippen molar-refractivity contribution in [2.24, 2.45) is 5.92 Å². The third-order valence-electron chi connectivity index (χ3n) is 1.94. The molecule has 74 valence electrons. The topological polar surface area (TPSA) is 26.0 Å². The molecule has 0 aliphatic heterocycles. The maximum absolute atomic E-state index is 5.39. The third-order valence-corrected chi connectivity index (χ3v) is 1.94. The van der Waals surface area contributed by atoms with Gasteiger partial charge in [-0.1, -0.05) is 34.6 Å². The van der Waals surface area contributed by atoms with Crippen LogP contribution in [0.5, 0.6) is 0 Å². The molecule has 1 aromatic rings. The minimum absolute atomic E-state index is 0.0945. The van der Waals surface area contributed by atoms with Crippen molar-refractivity contribution in [1.29, 1.82) is 0 Å². The van der Waals surface area contributed by atoms with E-state index in [2.05, 4.69) is 39.6 Å². The van der Waals surface area contributed by atoms with Crippen LogP contribution >= 0.6 is 0 Å². The van der Waals surface area contributed by atoms with Crippen molar-refractivity contribution in [2.75, 3.05) is 0 Å². The standard InChI is InChI=1S/C11H19NO/c1-8(2)6-9-10(11(3,4)5)12-7-13-9/h7-8H,6H2,1-5H3. The van der Waals surface area contributed by atoms with E-state index >= 15 is 0 Å². The number of nitrogens with zero attached hydrogens (tertiary/aromatic N) is 1. The van der Waals surface area contributed by atoms with Gasteiger partial charge < -0.3 is 4.42 Å². The first-order valence-electron chi connectivity index (χ1n) is 4.84. The first-order chi connectivity index (χ1) is 5.91. The third kappa shape index (κ3) is 2.58. The first kappa shape index (κ1) is 10.3. The second kappa shape index (κ2) is 3.52. The van der Waals surface area contributed by atoms with E-state index in [1.807, 2.05) is 0 Å². The quantitative estimate of drug-likeness (QED) is 0.700. The van der Waals surface area contributed by atoms with Gasteiger partial charge in [0.15, 0.2) is 6.39 Å². The zero-order valence-electron chi connectivity index (χ0n) is 9.22. The molecule has 0 saturated heterocycles. The summed E-state index contributed by atoms with van der Waals surface area (Å²) >= 11 is 0. The van der Waals surface area contributed by atoms with E-state index in [4.69, 9.17) is 4.42 Å². The summed E-state index contributed by atoms with van der Waals surface area (Å²) in [6.07, 6.45) is 2.53. The van der Waals surface area contributed by atoms with Crippen LogP contribution in [0.15, 0.2) is 10.8 Å². The Morgan fingerprint density at radius 2 is 2.00 bits per heavy atom. The molecule has 2 heteroatoms. The van der Waals surface area contributed by atoms with Crippen molar-refractivity contribution in [1.82, 2.24) is 4.98 Å². The molecule has 1 aromatic heterocycles. The average molecular weight is 181 g/mol. The minimum Gasteiger partial charge on any atom is -0.448 e. The summed E-state index contributed by atoms with van der Waals surface area (Å²) < 4.78 is 5.39. The molecule has 2 nitrogen and oxygen atoms in total. The van der Waals surface area contributed by atoms with E-state index in [0.29, 0.717) is 5.92 Å². The number of oxazole rings is 1. The van der Waals surface area contributed by atoms with Crippen molar-refractivity contribution >= 4 is 0 Å². The average Bonchev–Trinajstić information content (AvgIpc) is 2.31. The number of hydrogen-bond donors (Lipinski definition) is 0. The molecule has 0 aromatic carbocycles. The smallest absolute Gasteiger partial charge is 0.181 e. The lowest BCUT2D eigenvalue weighted by Crippen LogP contribution is -2.14. The Hall–Kier alpha value is -0.790. The van der Waals surface area contributed by atoms with E-state index < -0.39 is 0 Å². The zero-order valence-corrected chi connectivity index (χ0v) is 9.22. The molecule has 0 atom stereocenters. The molecule has 0 saturated carbocycles. The van der Waals surface area contributed by atoms with Crippen molar-refractivity contribution in [3.8, 4) is 0 Å². The maximum atomic E-state index is 5.39. The summed E-state index contributed by atoms with van der Waals surface area (Å²) in [5.74, 6) is 1.66. The highest BCUT2D eigenvalue weighted by molar-refractivity contribution is 5.17. The van der Waals surface area contributed by atoms with Crippen LogP contribution in [-0.4, -0.2) is 4.98 Å². The second-order valence-electron chi connectivity index (χ2n) is 4.97. The van der Waals surface area contributed by atoms with Crippen molar-refractivity contribution in [2.45, 2.75) is 46.5 Å². The zero-order chi connectivity index (χ0) is 10.1. The van der Waals surface area contributed by atoms with E-state index in [1.54, 1.807) is 6.39 Å². The Balaban J connectivity index is 2.90. The molecule has 0 aliphatic carbocycles. The van der Waals surface area contributed by atoms with Gasteiger partial charge in [-0.05, 0) is 5.92 Å². The molecule has 0 spiro atoms. The number of aromatic nitrogens is 1. The molecule has 1 rings (SSSR count). The molecule has 0 N–H and O–H groups in total. The van der Waals surface area contributed by atoms with Gasteiger partial charge in [0.05, 0.1) is 5.69 Å². The van der Waals surface area contributed by atoms with Gasteiger partial charge in [-0.3, -0.25) is 0 Å². The van der Waals surface area contributed by atoms with E-state index in [-0.39, 0.29) is 5.41 Å². The van der Waals surface area contributed by atoms with E-state index in [9.17, 15) is 0 Å². The highest BCUT2D eigenvalue weighted by Crippen LogP contribution is 2.25. The Bertz CT molecular complexity index is 268. The number of rotatable bonds is 2. The predicted octanol–water partition coefficient (Wildman–Crippen LogP) is 3.17. The van der Waals surface area contributed by atoms with Gasteiger partial charge in [0.2, 0.25) is 0 Å². The summed E-state index contributed by atoms with van der Waals surface area (Å²) in [7, 11) is 0. The summed E-state index contributed by atoms with van der Waals surface area (Å²) in [6, 6.07) is 0. The lowest BCUT2D eigenvalue weighted by molar-refractivity contribution is 0.452. The molecule has 0 unspecified atom stereocenters. The Morgan fingerprint density at radius 1 is 1.38 bits per heavy atom. The normalized spacial score (nSPS) is 12.5. The Kier molecular flexibility index (Phi) is 2.79. The molecule has 0 aliphatic rings. The van der Waals surface area contributed by atoms with Crippen LogP contribution in [0.3, 0.4) is 0 Å². The van der Waals surface area contributed by atoms with Crippen molar-refractivity contribution in [3.63, 3.8) is 0 Å². The van der Waals surface area contributed by atoms with Crippen LogP contribution in [0, 0.1) is 5.92 Å². The largest absolute Gasteiger partial charge is 0.448 e. The molecular weight excluding hydrogens is 162 g/mol. The fraction of sp³-hybridized carbons (Fsp3) is 0.727. The molecule has 0 fully saturated rings. The van der Waals surface area contributed by atoms with Crippen LogP contribution in [0.1, 0.15) is 46.1 Å². The van der Waals surface area contributed by atoms with Gasteiger partial charge in [-0.15, -0.1) is 0 Å². The van der Waals surface area contributed by atoms with Gasteiger partial charge in [-0.25, -0.2) is 4.98 Å². The van der Waals surface area contributed by atoms with Crippen LogP contribution in [0.25, 0.3) is 0 Å². The van der Waals surface area contributed by atoms with Crippen LogP contribution < -0.4 is 0 Å². The lowest BCUT2D eigenvalue weighted by atomic mass is 9.89. The monoisotopic (exact) mass is 181 g/mol. The van der Waals surface area contributed by atoms with Crippen LogP contribution in [0.4, 0.5) is 0 Å². The predicted molar refractivity (Wildman–Crippen MR) is 53.7 cm³/mol. The van der Waals surface area contributed by atoms with Gasteiger partial charge in [0.1, 0.15) is 5.76 Å². The highest BCUT2D eigenvalue weighted by Gasteiger charge is 2.22.